The molecule has 0 spiro atoms. The van der Waals surface area contributed by atoms with Gasteiger partial charge in [0.05, 0.1) is 14.2 Å². The molecule has 4 heteroatoms. The summed E-state index contributed by atoms with van der Waals surface area (Å²) in [7, 11) is 2.98. The largest absolute Gasteiger partial charge is 0.497 e. The quantitative estimate of drug-likeness (QED) is 0.825. The van der Waals surface area contributed by atoms with Crippen LogP contribution >= 0.6 is 0 Å². The van der Waals surface area contributed by atoms with Crippen molar-refractivity contribution < 1.29 is 14.3 Å². The molecule has 2 rings (SSSR count). The molecule has 17 heavy (non-hydrogen) atoms. The Morgan fingerprint density at radius 2 is 1.82 bits per heavy atom. The molecule has 0 bridgehead atoms. The number of methoxy groups -OCH3 is 2. The summed E-state index contributed by atoms with van der Waals surface area (Å²) in [5.74, 6) is 0.433. The van der Waals surface area contributed by atoms with Crippen molar-refractivity contribution in [3.8, 4) is 16.9 Å². The van der Waals surface area contributed by atoms with Crippen molar-refractivity contribution in [1.29, 1.82) is 0 Å². The van der Waals surface area contributed by atoms with Crippen LogP contribution in [0.2, 0.25) is 0 Å². The molecule has 0 aliphatic rings. The number of hydrogen-bond donors (Lipinski definition) is 1. The SMILES string of the molecule is COC(=O)c1cc(-c2ccc(OC)cc2)c[nH]1. The molecule has 0 aliphatic carbocycles. The van der Waals surface area contributed by atoms with Crippen molar-refractivity contribution in [2.75, 3.05) is 14.2 Å². The molecule has 0 radical (unpaired) electrons. The molecule has 1 N–H and O–H groups in total. The molecule has 88 valence electrons. The summed E-state index contributed by atoms with van der Waals surface area (Å²) >= 11 is 0. The minimum absolute atomic E-state index is 0.371. The molecule has 1 aromatic heterocycles. The average molecular weight is 231 g/mol. The van der Waals surface area contributed by atoms with E-state index in [4.69, 9.17) is 4.74 Å². The fraction of sp³-hybridized carbons (Fsp3) is 0.154. The zero-order chi connectivity index (χ0) is 12.3. The highest BCUT2D eigenvalue weighted by atomic mass is 16.5. The van der Waals surface area contributed by atoms with Crippen molar-refractivity contribution in [3.63, 3.8) is 0 Å². The molecular weight excluding hydrogens is 218 g/mol. The van der Waals surface area contributed by atoms with Gasteiger partial charge in [0, 0.05) is 6.20 Å². The summed E-state index contributed by atoms with van der Waals surface area (Å²) in [6.07, 6.45) is 1.77. The first-order chi connectivity index (χ1) is 8.24. The number of aromatic amines is 1. The number of carbonyl (C=O) groups excluding carboxylic acids is 1. The number of hydrogen-bond acceptors (Lipinski definition) is 3. The third-order valence-corrected chi connectivity index (χ3v) is 2.51. The highest BCUT2D eigenvalue weighted by Gasteiger charge is 2.09. The van der Waals surface area contributed by atoms with Crippen LogP contribution in [0.25, 0.3) is 11.1 Å². The second-order valence-corrected chi connectivity index (χ2v) is 3.52. The molecule has 0 amide bonds. The molecule has 0 atom stereocenters. The highest BCUT2D eigenvalue weighted by Crippen LogP contribution is 2.23. The lowest BCUT2D eigenvalue weighted by Crippen LogP contribution is -2.00. The van der Waals surface area contributed by atoms with Crippen molar-refractivity contribution in [1.82, 2.24) is 4.98 Å². The number of H-pyrrole nitrogens is 1. The maximum absolute atomic E-state index is 11.3. The van der Waals surface area contributed by atoms with Gasteiger partial charge in [-0.05, 0) is 29.3 Å². The van der Waals surface area contributed by atoms with E-state index in [9.17, 15) is 4.79 Å². The van der Waals surface area contributed by atoms with E-state index >= 15 is 0 Å². The van der Waals surface area contributed by atoms with Gasteiger partial charge in [-0.2, -0.15) is 0 Å². The van der Waals surface area contributed by atoms with E-state index < -0.39 is 0 Å². The number of aromatic nitrogens is 1. The van der Waals surface area contributed by atoms with Crippen LogP contribution in [0.5, 0.6) is 5.75 Å². The minimum atomic E-state index is -0.371. The molecule has 0 aliphatic heterocycles. The third-order valence-electron chi connectivity index (χ3n) is 2.51. The third kappa shape index (κ3) is 2.30. The standard InChI is InChI=1S/C13H13NO3/c1-16-11-5-3-9(4-6-11)10-7-12(14-8-10)13(15)17-2/h3-8,14H,1-2H3. The van der Waals surface area contributed by atoms with E-state index in [0.29, 0.717) is 5.69 Å². The van der Waals surface area contributed by atoms with Gasteiger partial charge >= 0.3 is 5.97 Å². The smallest absolute Gasteiger partial charge is 0.354 e. The fourth-order valence-electron chi connectivity index (χ4n) is 1.57. The molecule has 4 nitrogen and oxygen atoms in total. The summed E-state index contributed by atoms with van der Waals surface area (Å²) in [6, 6.07) is 9.38. The minimum Gasteiger partial charge on any atom is -0.497 e. The molecule has 1 aromatic carbocycles. The van der Waals surface area contributed by atoms with Crippen LogP contribution in [0.15, 0.2) is 36.5 Å². The van der Waals surface area contributed by atoms with Crippen molar-refractivity contribution in [3.05, 3.63) is 42.2 Å². The summed E-state index contributed by atoms with van der Waals surface area (Å²) in [5, 5.41) is 0. The maximum atomic E-state index is 11.3. The second-order valence-electron chi connectivity index (χ2n) is 3.52. The Bertz CT molecular complexity index is 514. The Morgan fingerprint density at radius 1 is 1.12 bits per heavy atom. The first kappa shape index (κ1) is 11.3. The summed E-state index contributed by atoms with van der Waals surface area (Å²) in [4.78, 5) is 14.2. The predicted octanol–water partition coefficient (Wildman–Crippen LogP) is 2.48. The number of carbonyl (C=O) groups is 1. The van der Waals surface area contributed by atoms with Crippen LogP contribution < -0.4 is 4.74 Å². The molecule has 0 unspecified atom stereocenters. The number of benzene rings is 1. The fourth-order valence-corrected chi connectivity index (χ4v) is 1.57. The normalized spacial score (nSPS) is 10.0. The molecule has 0 fully saturated rings. The van der Waals surface area contributed by atoms with Gasteiger partial charge in [-0.15, -0.1) is 0 Å². The van der Waals surface area contributed by atoms with Crippen LogP contribution in [0.1, 0.15) is 10.5 Å². The van der Waals surface area contributed by atoms with Gasteiger partial charge in [0.1, 0.15) is 11.4 Å². The van der Waals surface area contributed by atoms with Gasteiger partial charge in [-0.25, -0.2) is 4.79 Å². The number of nitrogens with one attached hydrogen (secondary N) is 1. The van der Waals surface area contributed by atoms with Crippen molar-refractivity contribution >= 4 is 5.97 Å². The topological polar surface area (TPSA) is 51.3 Å². The van der Waals surface area contributed by atoms with Gasteiger partial charge in [0.15, 0.2) is 0 Å². The number of rotatable bonds is 3. The van der Waals surface area contributed by atoms with Crippen molar-refractivity contribution in [2.45, 2.75) is 0 Å². The Hall–Kier alpha value is -2.23. The average Bonchev–Trinajstić information content (AvgIpc) is 2.87. The van der Waals surface area contributed by atoms with E-state index in [1.807, 2.05) is 24.3 Å². The first-order valence-electron chi connectivity index (χ1n) is 5.15. The van der Waals surface area contributed by atoms with Crippen LogP contribution in [0.4, 0.5) is 0 Å². The monoisotopic (exact) mass is 231 g/mol. The van der Waals surface area contributed by atoms with E-state index in [2.05, 4.69) is 9.72 Å². The van der Waals surface area contributed by atoms with E-state index in [1.165, 1.54) is 7.11 Å². The van der Waals surface area contributed by atoms with E-state index in [0.717, 1.165) is 16.9 Å². The molecule has 1 heterocycles. The van der Waals surface area contributed by atoms with E-state index in [1.54, 1.807) is 19.4 Å². The Kier molecular flexibility index (Phi) is 3.14. The zero-order valence-electron chi connectivity index (χ0n) is 9.69. The molecule has 0 saturated heterocycles. The van der Waals surface area contributed by atoms with Gasteiger partial charge in [0.2, 0.25) is 0 Å². The van der Waals surface area contributed by atoms with Gasteiger partial charge < -0.3 is 14.5 Å². The van der Waals surface area contributed by atoms with Gasteiger partial charge in [-0.3, -0.25) is 0 Å². The first-order valence-corrected chi connectivity index (χ1v) is 5.15. The molecule has 0 saturated carbocycles. The Balaban J connectivity index is 2.27. The lowest BCUT2D eigenvalue weighted by molar-refractivity contribution is 0.0595. The lowest BCUT2D eigenvalue weighted by Gasteiger charge is -2.00. The lowest BCUT2D eigenvalue weighted by atomic mass is 10.1. The predicted molar refractivity (Wildman–Crippen MR) is 64.1 cm³/mol. The van der Waals surface area contributed by atoms with E-state index in [-0.39, 0.29) is 5.97 Å². The summed E-state index contributed by atoms with van der Waals surface area (Å²) in [6.45, 7) is 0. The van der Waals surface area contributed by atoms with Crippen LogP contribution in [-0.4, -0.2) is 25.2 Å². The van der Waals surface area contributed by atoms with Crippen LogP contribution in [0.3, 0.4) is 0 Å². The summed E-state index contributed by atoms with van der Waals surface area (Å²) in [5.41, 5.74) is 2.39. The highest BCUT2D eigenvalue weighted by molar-refractivity contribution is 5.89. The second kappa shape index (κ2) is 4.74. The molecular formula is C13H13NO3. The Morgan fingerprint density at radius 3 is 2.41 bits per heavy atom. The van der Waals surface area contributed by atoms with Crippen LogP contribution in [-0.2, 0) is 4.74 Å². The van der Waals surface area contributed by atoms with Gasteiger partial charge in [0.25, 0.3) is 0 Å². The summed E-state index contributed by atoms with van der Waals surface area (Å²) < 4.78 is 9.72. The van der Waals surface area contributed by atoms with Gasteiger partial charge in [-0.1, -0.05) is 12.1 Å². The number of ether oxygens (including phenoxy) is 2. The zero-order valence-corrected chi connectivity index (χ0v) is 9.69. The molecule has 2 aromatic rings. The van der Waals surface area contributed by atoms with Crippen LogP contribution in [0, 0.1) is 0 Å². The maximum Gasteiger partial charge on any atom is 0.354 e. The Labute approximate surface area is 99.2 Å². The van der Waals surface area contributed by atoms with Crippen molar-refractivity contribution in [2.24, 2.45) is 0 Å². The number of esters is 1.